The Morgan fingerprint density at radius 1 is 1.23 bits per heavy atom. The minimum absolute atomic E-state index is 0.310. The van der Waals surface area contributed by atoms with Gasteiger partial charge in [-0.3, -0.25) is 14.7 Å². The van der Waals surface area contributed by atoms with Crippen LogP contribution in [0, 0.1) is 5.82 Å². The number of benzene rings is 1. The van der Waals surface area contributed by atoms with Gasteiger partial charge in [-0.05, 0) is 24.3 Å². The van der Waals surface area contributed by atoms with E-state index in [1.54, 1.807) is 52.9 Å². The molecule has 4 rings (SSSR count). The summed E-state index contributed by atoms with van der Waals surface area (Å²) in [6, 6.07) is 9.58. The van der Waals surface area contributed by atoms with Gasteiger partial charge in [-0.15, -0.1) is 11.3 Å². The van der Waals surface area contributed by atoms with Crippen LogP contribution in [0.15, 0.2) is 66.7 Å². The molecule has 0 saturated heterocycles. The fourth-order valence-corrected chi connectivity index (χ4v) is 3.06. The van der Waals surface area contributed by atoms with Gasteiger partial charge in [0.15, 0.2) is 5.13 Å². The van der Waals surface area contributed by atoms with Crippen LogP contribution in [-0.2, 0) is 0 Å². The molecule has 26 heavy (non-hydrogen) atoms. The Morgan fingerprint density at radius 2 is 2.15 bits per heavy atom. The molecule has 4 aromatic rings. The van der Waals surface area contributed by atoms with Crippen molar-refractivity contribution in [2.24, 2.45) is 0 Å². The zero-order chi connectivity index (χ0) is 17.9. The topological polar surface area (TPSA) is 72.7 Å². The van der Waals surface area contributed by atoms with Crippen LogP contribution in [0.2, 0.25) is 0 Å². The van der Waals surface area contributed by atoms with E-state index in [2.05, 4.69) is 20.3 Å². The van der Waals surface area contributed by atoms with Crippen LogP contribution in [0.25, 0.3) is 17.1 Å². The lowest BCUT2D eigenvalue weighted by atomic mass is 10.2. The van der Waals surface area contributed by atoms with Gasteiger partial charge >= 0.3 is 0 Å². The summed E-state index contributed by atoms with van der Waals surface area (Å²) in [5.74, 6) is 0.0293. The summed E-state index contributed by atoms with van der Waals surface area (Å²) in [6.45, 7) is 0. The van der Waals surface area contributed by atoms with Crippen LogP contribution in [-0.4, -0.2) is 25.4 Å². The van der Waals surface area contributed by atoms with Crippen LogP contribution >= 0.6 is 11.3 Å². The number of anilines is 1. The average molecular weight is 365 g/mol. The Kier molecular flexibility index (Phi) is 4.24. The highest BCUT2D eigenvalue weighted by Gasteiger charge is 2.11. The van der Waals surface area contributed by atoms with Crippen LogP contribution in [0.5, 0.6) is 0 Å². The van der Waals surface area contributed by atoms with Crippen molar-refractivity contribution in [2.75, 3.05) is 5.32 Å². The van der Waals surface area contributed by atoms with Crippen molar-refractivity contribution in [3.63, 3.8) is 0 Å². The van der Waals surface area contributed by atoms with Gasteiger partial charge in [0.2, 0.25) is 0 Å². The normalized spacial score (nSPS) is 10.7. The summed E-state index contributed by atoms with van der Waals surface area (Å²) in [4.78, 5) is 24.9. The molecule has 0 spiro atoms. The summed E-state index contributed by atoms with van der Waals surface area (Å²) >= 11 is 1.28. The van der Waals surface area contributed by atoms with Gasteiger partial charge in [0.1, 0.15) is 18.0 Å². The van der Waals surface area contributed by atoms with E-state index in [9.17, 15) is 9.18 Å². The fraction of sp³-hybridized carbons (Fsp3) is 0. The highest BCUT2D eigenvalue weighted by Crippen LogP contribution is 2.25. The summed E-state index contributed by atoms with van der Waals surface area (Å²) < 4.78 is 15.1. The Labute approximate surface area is 152 Å². The van der Waals surface area contributed by atoms with E-state index >= 15 is 0 Å². The van der Waals surface area contributed by atoms with Crippen LogP contribution in [0.4, 0.5) is 9.52 Å². The first-order chi connectivity index (χ1) is 12.7. The Morgan fingerprint density at radius 3 is 2.88 bits per heavy atom. The van der Waals surface area contributed by atoms with E-state index in [-0.39, 0.29) is 11.7 Å². The number of rotatable bonds is 4. The molecule has 0 saturated carbocycles. The number of hydrogen-bond acceptors (Lipinski definition) is 5. The predicted octanol–water partition coefficient (Wildman–Crippen LogP) is 3.78. The molecule has 0 unspecified atom stereocenters. The average Bonchev–Trinajstić information content (AvgIpc) is 3.34. The molecule has 0 aliphatic carbocycles. The van der Waals surface area contributed by atoms with Gasteiger partial charge in [0, 0.05) is 29.5 Å². The van der Waals surface area contributed by atoms with Gasteiger partial charge in [0.05, 0.1) is 11.3 Å². The summed E-state index contributed by atoms with van der Waals surface area (Å²) in [6.07, 6.45) is 6.55. The molecule has 3 aromatic heterocycles. The fourth-order valence-electron chi connectivity index (χ4n) is 2.35. The largest absolute Gasteiger partial charge is 0.298 e. The van der Waals surface area contributed by atoms with Crippen molar-refractivity contribution in [2.45, 2.75) is 0 Å². The molecule has 8 heteroatoms. The molecule has 0 aliphatic heterocycles. The van der Waals surface area contributed by atoms with E-state index in [1.807, 2.05) is 0 Å². The minimum Gasteiger partial charge on any atom is -0.298 e. The van der Waals surface area contributed by atoms with Crippen LogP contribution < -0.4 is 5.32 Å². The third kappa shape index (κ3) is 3.35. The molecule has 6 nitrogen and oxygen atoms in total. The number of hydrogen-bond donors (Lipinski definition) is 1. The van der Waals surface area contributed by atoms with Gasteiger partial charge < -0.3 is 0 Å². The monoisotopic (exact) mass is 365 g/mol. The molecule has 3 heterocycles. The highest BCUT2D eigenvalue weighted by molar-refractivity contribution is 7.14. The Hall–Kier alpha value is -3.39. The molecular formula is C18H12FN5OS. The quantitative estimate of drug-likeness (QED) is 0.597. The second kappa shape index (κ2) is 6.85. The van der Waals surface area contributed by atoms with Gasteiger partial charge in [0.25, 0.3) is 5.91 Å². The lowest BCUT2D eigenvalue weighted by Crippen LogP contribution is -2.12. The molecule has 0 bridgehead atoms. The number of imidazole rings is 1. The lowest BCUT2D eigenvalue weighted by Gasteiger charge is -2.04. The Balaban J connectivity index is 1.48. The number of nitrogens with zero attached hydrogens (tertiary/aromatic N) is 4. The molecule has 0 aliphatic rings. The van der Waals surface area contributed by atoms with Crippen molar-refractivity contribution in [3.8, 4) is 17.1 Å². The van der Waals surface area contributed by atoms with Crippen LogP contribution in [0.3, 0.4) is 0 Å². The zero-order valence-electron chi connectivity index (χ0n) is 13.3. The standard InChI is InChI=1S/C18H12FN5OS/c19-14-3-1-2-12(8-14)15-10-26-18(22-15)23-17(25)13-4-5-16(21-9-13)24-7-6-20-11-24/h1-11H,(H,22,23,25). The summed E-state index contributed by atoms with van der Waals surface area (Å²) in [5.41, 5.74) is 1.68. The molecule has 1 amide bonds. The molecular weight excluding hydrogens is 353 g/mol. The molecule has 0 atom stereocenters. The van der Waals surface area contributed by atoms with Crippen molar-refractivity contribution in [1.82, 2.24) is 19.5 Å². The number of halogens is 1. The molecule has 0 fully saturated rings. The van der Waals surface area contributed by atoms with Crippen molar-refractivity contribution in [3.05, 3.63) is 78.1 Å². The zero-order valence-corrected chi connectivity index (χ0v) is 14.2. The van der Waals surface area contributed by atoms with Crippen molar-refractivity contribution >= 4 is 22.4 Å². The summed E-state index contributed by atoms with van der Waals surface area (Å²) in [5, 5.41) is 4.94. The molecule has 1 N–H and O–H groups in total. The number of amides is 1. The maximum atomic E-state index is 13.3. The number of aromatic nitrogens is 4. The SMILES string of the molecule is O=C(Nc1nc(-c2cccc(F)c2)cs1)c1ccc(-n2ccnc2)nc1. The first kappa shape index (κ1) is 16.1. The van der Waals surface area contributed by atoms with E-state index < -0.39 is 0 Å². The summed E-state index contributed by atoms with van der Waals surface area (Å²) in [7, 11) is 0. The Bertz CT molecular complexity index is 1040. The van der Waals surface area contributed by atoms with E-state index in [0.717, 1.165) is 0 Å². The minimum atomic E-state index is -0.329. The van der Waals surface area contributed by atoms with Gasteiger partial charge in [-0.25, -0.2) is 19.3 Å². The smallest absolute Gasteiger partial charge is 0.259 e. The number of pyridine rings is 1. The number of carbonyl (C=O) groups excluding carboxylic acids is 1. The van der Waals surface area contributed by atoms with Gasteiger partial charge in [-0.2, -0.15) is 0 Å². The maximum absolute atomic E-state index is 13.3. The number of thiazole rings is 1. The maximum Gasteiger partial charge on any atom is 0.259 e. The molecule has 1 aromatic carbocycles. The van der Waals surface area contributed by atoms with Gasteiger partial charge in [-0.1, -0.05) is 12.1 Å². The first-order valence-corrected chi connectivity index (χ1v) is 8.54. The molecule has 128 valence electrons. The number of nitrogens with one attached hydrogen (secondary N) is 1. The second-order valence-electron chi connectivity index (χ2n) is 5.38. The van der Waals surface area contributed by atoms with E-state index in [0.29, 0.717) is 27.8 Å². The molecule has 0 radical (unpaired) electrons. The van der Waals surface area contributed by atoms with Crippen LogP contribution in [0.1, 0.15) is 10.4 Å². The first-order valence-electron chi connectivity index (χ1n) is 7.66. The van der Waals surface area contributed by atoms with Crippen molar-refractivity contribution < 1.29 is 9.18 Å². The third-order valence-electron chi connectivity index (χ3n) is 3.62. The lowest BCUT2D eigenvalue weighted by molar-refractivity contribution is 0.102. The third-order valence-corrected chi connectivity index (χ3v) is 4.38. The highest BCUT2D eigenvalue weighted by atomic mass is 32.1. The second-order valence-corrected chi connectivity index (χ2v) is 6.24. The van der Waals surface area contributed by atoms with E-state index in [4.69, 9.17) is 0 Å². The predicted molar refractivity (Wildman–Crippen MR) is 96.8 cm³/mol. The van der Waals surface area contributed by atoms with Crippen molar-refractivity contribution in [1.29, 1.82) is 0 Å². The van der Waals surface area contributed by atoms with E-state index in [1.165, 1.54) is 29.7 Å². The number of carbonyl (C=O) groups is 1.